The van der Waals surface area contributed by atoms with E-state index in [2.05, 4.69) is 22.3 Å². The van der Waals surface area contributed by atoms with Crippen LogP contribution in [0.15, 0.2) is 18.2 Å². The molecule has 13 heavy (non-hydrogen) atoms. The lowest BCUT2D eigenvalue weighted by atomic mass is 10.2. The molecular formula is C10H14N2O. The van der Waals surface area contributed by atoms with Crippen LogP contribution in [0.4, 0.5) is 11.4 Å². The molecule has 70 valence electrons. The summed E-state index contributed by atoms with van der Waals surface area (Å²) in [6.45, 7) is 1.65. The molecule has 2 rings (SSSR count). The zero-order valence-electron chi connectivity index (χ0n) is 8.00. The summed E-state index contributed by atoms with van der Waals surface area (Å²) in [5.74, 6) is 0.955. The van der Waals surface area contributed by atoms with Crippen molar-refractivity contribution >= 4 is 11.4 Å². The lowest BCUT2D eigenvalue weighted by Crippen LogP contribution is -2.18. The number of benzene rings is 1. The van der Waals surface area contributed by atoms with Gasteiger partial charge in [0.15, 0.2) is 0 Å². The fourth-order valence-corrected chi connectivity index (χ4v) is 1.41. The maximum absolute atomic E-state index is 5.48. The molecular weight excluding hydrogens is 164 g/mol. The van der Waals surface area contributed by atoms with E-state index in [1.54, 1.807) is 0 Å². The van der Waals surface area contributed by atoms with E-state index in [1.165, 1.54) is 5.69 Å². The van der Waals surface area contributed by atoms with Crippen molar-refractivity contribution in [3.05, 3.63) is 18.2 Å². The van der Waals surface area contributed by atoms with Crippen molar-refractivity contribution in [1.29, 1.82) is 0 Å². The molecule has 3 nitrogen and oxygen atoms in total. The van der Waals surface area contributed by atoms with Gasteiger partial charge in [-0.05, 0) is 18.2 Å². The molecule has 1 aromatic rings. The number of hydrogen-bond acceptors (Lipinski definition) is 3. The van der Waals surface area contributed by atoms with Gasteiger partial charge in [-0.1, -0.05) is 0 Å². The fourth-order valence-electron chi connectivity index (χ4n) is 1.41. The number of fused-ring (bicyclic) bond motifs is 1. The van der Waals surface area contributed by atoms with Gasteiger partial charge in [-0.25, -0.2) is 0 Å². The maximum atomic E-state index is 5.48. The second kappa shape index (κ2) is 3.17. The highest BCUT2D eigenvalue weighted by atomic mass is 16.5. The van der Waals surface area contributed by atoms with Gasteiger partial charge in [-0.15, -0.1) is 0 Å². The standard InChI is InChI=1S/C10H14N2O/c1-12(2)8-3-4-10-9(7-8)11-5-6-13-10/h3-4,7,11H,5-6H2,1-2H3. The summed E-state index contributed by atoms with van der Waals surface area (Å²) in [7, 11) is 4.07. The van der Waals surface area contributed by atoms with Crippen LogP contribution >= 0.6 is 0 Å². The Kier molecular flexibility index (Phi) is 2.00. The van der Waals surface area contributed by atoms with Crippen LogP contribution in [0.5, 0.6) is 5.75 Å². The van der Waals surface area contributed by atoms with Gasteiger partial charge in [0, 0.05) is 26.3 Å². The summed E-state index contributed by atoms with van der Waals surface area (Å²) in [4.78, 5) is 2.08. The van der Waals surface area contributed by atoms with E-state index >= 15 is 0 Å². The van der Waals surface area contributed by atoms with E-state index in [4.69, 9.17) is 4.74 Å². The molecule has 0 amide bonds. The molecule has 0 spiro atoms. The number of anilines is 2. The van der Waals surface area contributed by atoms with Crippen LogP contribution in [0.25, 0.3) is 0 Å². The van der Waals surface area contributed by atoms with Gasteiger partial charge in [0.25, 0.3) is 0 Å². The largest absolute Gasteiger partial charge is 0.490 e. The second-order valence-corrected chi connectivity index (χ2v) is 3.35. The molecule has 0 saturated carbocycles. The number of rotatable bonds is 1. The number of nitrogens with zero attached hydrogens (tertiary/aromatic N) is 1. The monoisotopic (exact) mass is 178 g/mol. The fraction of sp³-hybridized carbons (Fsp3) is 0.400. The predicted molar refractivity (Wildman–Crippen MR) is 54.8 cm³/mol. The van der Waals surface area contributed by atoms with E-state index in [0.717, 1.165) is 24.6 Å². The van der Waals surface area contributed by atoms with Crippen LogP contribution in [0.2, 0.25) is 0 Å². The minimum absolute atomic E-state index is 0.758. The summed E-state index contributed by atoms with van der Waals surface area (Å²) in [6, 6.07) is 6.18. The highest BCUT2D eigenvalue weighted by Crippen LogP contribution is 2.30. The normalized spacial score (nSPS) is 14.0. The van der Waals surface area contributed by atoms with Crippen LogP contribution in [0, 0.1) is 0 Å². The van der Waals surface area contributed by atoms with Gasteiger partial charge in [0.1, 0.15) is 12.4 Å². The molecule has 0 saturated heterocycles. The van der Waals surface area contributed by atoms with Gasteiger partial charge < -0.3 is 15.0 Å². The van der Waals surface area contributed by atoms with Gasteiger partial charge >= 0.3 is 0 Å². The summed E-state index contributed by atoms with van der Waals surface area (Å²) in [5, 5.41) is 3.31. The van der Waals surface area contributed by atoms with Gasteiger partial charge in [0.2, 0.25) is 0 Å². The molecule has 1 aromatic carbocycles. The topological polar surface area (TPSA) is 24.5 Å². The lowest BCUT2D eigenvalue weighted by molar-refractivity contribution is 0.323. The average Bonchev–Trinajstić information content (AvgIpc) is 2.17. The zero-order valence-corrected chi connectivity index (χ0v) is 8.00. The highest BCUT2D eigenvalue weighted by molar-refractivity contribution is 5.66. The van der Waals surface area contributed by atoms with Crippen LogP contribution in [-0.4, -0.2) is 27.2 Å². The van der Waals surface area contributed by atoms with Crippen LogP contribution in [0.3, 0.4) is 0 Å². The van der Waals surface area contributed by atoms with Crippen molar-refractivity contribution in [2.75, 3.05) is 37.5 Å². The van der Waals surface area contributed by atoms with Gasteiger partial charge in [-0.2, -0.15) is 0 Å². The van der Waals surface area contributed by atoms with Crippen LogP contribution < -0.4 is 15.0 Å². The van der Waals surface area contributed by atoms with E-state index in [9.17, 15) is 0 Å². The molecule has 0 unspecified atom stereocenters. The summed E-state index contributed by atoms with van der Waals surface area (Å²) < 4.78 is 5.48. The molecule has 0 aliphatic carbocycles. The van der Waals surface area contributed by atoms with E-state index < -0.39 is 0 Å². The minimum Gasteiger partial charge on any atom is -0.490 e. The Morgan fingerprint density at radius 2 is 2.23 bits per heavy atom. The third kappa shape index (κ3) is 1.54. The Balaban J connectivity index is 2.35. The summed E-state index contributed by atoms with van der Waals surface area (Å²) in [6.07, 6.45) is 0. The highest BCUT2D eigenvalue weighted by Gasteiger charge is 2.09. The Bertz CT molecular complexity index is 310. The molecule has 3 heteroatoms. The maximum Gasteiger partial charge on any atom is 0.142 e. The minimum atomic E-state index is 0.758. The Morgan fingerprint density at radius 3 is 3.00 bits per heavy atom. The van der Waals surface area contributed by atoms with Crippen LogP contribution in [0.1, 0.15) is 0 Å². The van der Waals surface area contributed by atoms with Crippen molar-refractivity contribution in [3.8, 4) is 5.75 Å². The van der Waals surface area contributed by atoms with Gasteiger partial charge in [-0.3, -0.25) is 0 Å². The second-order valence-electron chi connectivity index (χ2n) is 3.35. The Hall–Kier alpha value is -1.38. The first-order valence-electron chi connectivity index (χ1n) is 4.45. The van der Waals surface area contributed by atoms with Crippen molar-refractivity contribution in [2.24, 2.45) is 0 Å². The lowest BCUT2D eigenvalue weighted by Gasteiger charge is -2.21. The molecule has 0 atom stereocenters. The first kappa shape index (κ1) is 8.23. The molecule has 1 heterocycles. The van der Waals surface area contributed by atoms with E-state index in [1.807, 2.05) is 20.2 Å². The Labute approximate surface area is 78.3 Å². The molecule has 0 bridgehead atoms. The molecule has 1 aliphatic rings. The number of nitrogens with one attached hydrogen (secondary N) is 1. The van der Waals surface area contributed by atoms with Crippen molar-refractivity contribution < 1.29 is 4.74 Å². The number of ether oxygens (including phenoxy) is 1. The predicted octanol–water partition coefficient (Wildman–Crippen LogP) is 1.56. The third-order valence-corrected chi connectivity index (χ3v) is 2.15. The third-order valence-electron chi connectivity index (χ3n) is 2.15. The number of hydrogen-bond donors (Lipinski definition) is 1. The summed E-state index contributed by atoms with van der Waals surface area (Å²) >= 11 is 0. The van der Waals surface area contributed by atoms with Crippen molar-refractivity contribution in [1.82, 2.24) is 0 Å². The molecule has 1 aliphatic heterocycles. The zero-order chi connectivity index (χ0) is 9.26. The molecule has 0 aromatic heterocycles. The molecule has 0 fully saturated rings. The van der Waals surface area contributed by atoms with Crippen molar-refractivity contribution in [2.45, 2.75) is 0 Å². The van der Waals surface area contributed by atoms with E-state index in [-0.39, 0.29) is 0 Å². The first-order chi connectivity index (χ1) is 6.27. The van der Waals surface area contributed by atoms with Crippen LogP contribution in [-0.2, 0) is 0 Å². The summed E-state index contributed by atoms with van der Waals surface area (Å²) in [5.41, 5.74) is 2.29. The van der Waals surface area contributed by atoms with E-state index in [0.29, 0.717) is 0 Å². The average molecular weight is 178 g/mol. The smallest absolute Gasteiger partial charge is 0.142 e. The quantitative estimate of drug-likeness (QED) is 0.706. The molecule has 0 radical (unpaired) electrons. The molecule has 1 N–H and O–H groups in total. The van der Waals surface area contributed by atoms with Crippen molar-refractivity contribution in [3.63, 3.8) is 0 Å². The first-order valence-corrected chi connectivity index (χ1v) is 4.45. The Morgan fingerprint density at radius 1 is 1.38 bits per heavy atom. The van der Waals surface area contributed by atoms with Gasteiger partial charge in [0.05, 0.1) is 5.69 Å². The SMILES string of the molecule is CN(C)c1ccc2c(c1)NCCO2.